The maximum atomic E-state index is 12.9. The van der Waals surface area contributed by atoms with E-state index >= 15 is 0 Å². The number of piperidine rings is 1. The van der Waals surface area contributed by atoms with E-state index in [-0.39, 0.29) is 30.2 Å². The largest absolute Gasteiger partial charge is 0.341 e. The summed E-state index contributed by atoms with van der Waals surface area (Å²) in [6.07, 6.45) is 2.77. The zero-order valence-corrected chi connectivity index (χ0v) is 16.9. The second-order valence-electron chi connectivity index (χ2n) is 6.90. The molecule has 2 amide bonds. The molecule has 1 aromatic rings. The van der Waals surface area contributed by atoms with Crippen LogP contribution in [0.15, 0.2) is 28.7 Å². The van der Waals surface area contributed by atoms with Crippen LogP contribution in [0.4, 0.5) is 5.69 Å². The minimum Gasteiger partial charge on any atom is -0.341 e. The number of sulfonamides is 1. The van der Waals surface area contributed by atoms with Gasteiger partial charge in [-0.05, 0) is 37.1 Å². The van der Waals surface area contributed by atoms with Gasteiger partial charge in [-0.1, -0.05) is 15.9 Å². The van der Waals surface area contributed by atoms with Crippen LogP contribution in [-0.4, -0.2) is 57.1 Å². The van der Waals surface area contributed by atoms with E-state index in [4.69, 9.17) is 0 Å². The Balaban J connectivity index is 1.65. The predicted octanol–water partition coefficient (Wildman–Crippen LogP) is 1.34. The third-order valence-electron chi connectivity index (χ3n) is 4.73. The smallest absolute Gasteiger partial charge is 0.228 e. The molecular weight excluding hydrogens is 422 g/mol. The summed E-state index contributed by atoms with van der Waals surface area (Å²) in [5, 5.41) is 0. The van der Waals surface area contributed by atoms with Gasteiger partial charge in [-0.15, -0.1) is 0 Å². The molecule has 7 nitrogen and oxygen atoms in total. The third kappa shape index (κ3) is 4.63. The van der Waals surface area contributed by atoms with Gasteiger partial charge < -0.3 is 9.80 Å². The lowest BCUT2D eigenvalue weighted by Crippen LogP contribution is -2.51. The number of benzene rings is 1. The molecule has 2 saturated heterocycles. The van der Waals surface area contributed by atoms with Gasteiger partial charge in [0, 0.05) is 42.3 Å². The summed E-state index contributed by atoms with van der Waals surface area (Å²) in [4.78, 5) is 28.5. The van der Waals surface area contributed by atoms with Crippen molar-refractivity contribution in [2.75, 3.05) is 30.8 Å². The number of carbonyl (C=O) groups is 2. The average molecular weight is 444 g/mol. The monoisotopic (exact) mass is 443 g/mol. The Hall–Kier alpha value is -1.45. The predicted molar refractivity (Wildman–Crippen MR) is 102 cm³/mol. The van der Waals surface area contributed by atoms with Crippen molar-refractivity contribution in [1.29, 1.82) is 0 Å². The molecular formula is C17H22BrN3O4S. The van der Waals surface area contributed by atoms with Gasteiger partial charge in [0.1, 0.15) is 0 Å². The zero-order chi connectivity index (χ0) is 18.9. The van der Waals surface area contributed by atoms with E-state index in [1.807, 2.05) is 24.3 Å². The van der Waals surface area contributed by atoms with E-state index in [2.05, 4.69) is 20.7 Å². The molecule has 2 unspecified atom stereocenters. The number of nitrogens with one attached hydrogen (secondary N) is 1. The molecule has 26 heavy (non-hydrogen) atoms. The lowest BCUT2D eigenvalue weighted by atomic mass is 10.0. The van der Waals surface area contributed by atoms with Gasteiger partial charge in [0.2, 0.25) is 21.8 Å². The molecule has 2 atom stereocenters. The fourth-order valence-corrected chi connectivity index (χ4v) is 4.64. The Labute approximate surface area is 161 Å². The summed E-state index contributed by atoms with van der Waals surface area (Å²) in [5.41, 5.74) is 0.781. The number of hydrogen-bond donors (Lipinski definition) is 1. The van der Waals surface area contributed by atoms with Gasteiger partial charge in [-0.25, -0.2) is 13.1 Å². The minimum atomic E-state index is -3.30. The van der Waals surface area contributed by atoms with Crippen molar-refractivity contribution in [3.8, 4) is 0 Å². The standard InChI is InChI=1S/C17H22BrN3O4S/c1-26(24,25)19-14-3-2-8-20(11-14)17(23)12-9-16(22)21(10-12)15-6-4-13(18)5-7-15/h4-7,12,14,19H,2-3,8-11H2,1H3. The van der Waals surface area contributed by atoms with Crippen molar-refractivity contribution in [2.24, 2.45) is 5.92 Å². The highest BCUT2D eigenvalue weighted by molar-refractivity contribution is 9.10. The average Bonchev–Trinajstić information content (AvgIpc) is 2.95. The molecule has 1 N–H and O–H groups in total. The molecule has 3 rings (SSSR count). The van der Waals surface area contributed by atoms with Crippen LogP contribution < -0.4 is 9.62 Å². The Bertz CT molecular complexity index is 797. The van der Waals surface area contributed by atoms with Crippen LogP contribution in [0.25, 0.3) is 0 Å². The normalized spacial score (nSPS) is 24.2. The maximum Gasteiger partial charge on any atom is 0.228 e. The van der Waals surface area contributed by atoms with E-state index in [1.165, 1.54) is 0 Å². The van der Waals surface area contributed by atoms with Crippen LogP contribution in [-0.2, 0) is 19.6 Å². The summed E-state index contributed by atoms with van der Waals surface area (Å²) in [5.74, 6) is -0.519. The van der Waals surface area contributed by atoms with E-state index in [0.29, 0.717) is 26.1 Å². The van der Waals surface area contributed by atoms with Gasteiger partial charge in [0.05, 0.1) is 12.2 Å². The minimum absolute atomic E-state index is 0.0616. The van der Waals surface area contributed by atoms with Gasteiger partial charge >= 0.3 is 0 Å². The zero-order valence-electron chi connectivity index (χ0n) is 14.5. The van der Waals surface area contributed by atoms with E-state index in [9.17, 15) is 18.0 Å². The number of rotatable bonds is 4. The highest BCUT2D eigenvalue weighted by atomic mass is 79.9. The number of amides is 2. The van der Waals surface area contributed by atoms with Crippen molar-refractivity contribution in [2.45, 2.75) is 25.3 Å². The molecule has 0 bridgehead atoms. The van der Waals surface area contributed by atoms with Crippen LogP contribution in [0, 0.1) is 5.92 Å². The molecule has 0 aromatic heterocycles. The number of nitrogens with zero attached hydrogens (tertiary/aromatic N) is 2. The number of anilines is 1. The van der Waals surface area contributed by atoms with Crippen LogP contribution >= 0.6 is 15.9 Å². The molecule has 2 aliphatic rings. The summed E-state index contributed by atoms with van der Waals surface area (Å²) in [6.45, 7) is 1.32. The summed E-state index contributed by atoms with van der Waals surface area (Å²) >= 11 is 3.37. The van der Waals surface area contributed by atoms with E-state index in [0.717, 1.165) is 22.8 Å². The maximum absolute atomic E-state index is 12.9. The molecule has 0 radical (unpaired) electrons. The highest BCUT2D eigenvalue weighted by Crippen LogP contribution is 2.28. The van der Waals surface area contributed by atoms with Gasteiger partial charge in [-0.2, -0.15) is 0 Å². The van der Waals surface area contributed by atoms with Crippen molar-refractivity contribution >= 4 is 43.5 Å². The number of carbonyl (C=O) groups excluding carboxylic acids is 2. The first-order chi connectivity index (χ1) is 12.2. The molecule has 2 aliphatic heterocycles. The van der Waals surface area contributed by atoms with Crippen LogP contribution in [0.3, 0.4) is 0 Å². The Morgan fingerprint density at radius 1 is 1.23 bits per heavy atom. The molecule has 2 fully saturated rings. The molecule has 2 heterocycles. The summed E-state index contributed by atoms with van der Waals surface area (Å²) in [7, 11) is -3.30. The molecule has 142 valence electrons. The fourth-order valence-electron chi connectivity index (χ4n) is 3.58. The Morgan fingerprint density at radius 2 is 1.92 bits per heavy atom. The fraction of sp³-hybridized carbons (Fsp3) is 0.529. The Kier molecular flexibility index (Phi) is 5.69. The molecule has 0 saturated carbocycles. The third-order valence-corrected chi connectivity index (χ3v) is 6.02. The van der Waals surface area contributed by atoms with Crippen LogP contribution in [0.2, 0.25) is 0 Å². The lowest BCUT2D eigenvalue weighted by molar-refractivity contribution is -0.137. The van der Waals surface area contributed by atoms with Gasteiger partial charge in [-0.3, -0.25) is 9.59 Å². The van der Waals surface area contributed by atoms with Crippen LogP contribution in [0.1, 0.15) is 19.3 Å². The topological polar surface area (TPSA) is 86.8 Å². The molecule has 0 spiro atoms. The van der Waals surface area contributed by atoms with Crippen molar-refractivity contribution in [3.63, 3.8) is 0 Å². The molecule has 1 aromatic carbocycles. The summed E-state index contributed by atoms with van der Waals surface area (Å²) in [6, 6.07) is 7.17. The SMILES string of the molecule is CS(=O)(=O)NC1CCCN(C(=O)C2CC(=O)N(c3ccc(Br)cc3)C2)C1. The first-order valence-electron chi connectivity index (χ1n) is 8.55. The second-order valence-corrected chi connectivity index (χ2v) is 9.59. The Morgan fingerprint density at radius 3 is 2.58 bits per heavy atom. The second kappa shape index (κ2) is 7.66. The number of halogens is 1. The quantitative estimate of drug-likeness (QED) is 0.760. The van der Waals surface area contributed by atoms with Crippen molar-refractivity contribution in [3.05, 3.63) is 28.7 Å². The number of likely N-dealkylation sites (tertiary alicyclic amines) is 1. The first kappa shape index (κ1) is 19.3. The lowest BCUT2D eigenvalue weighted by Gasteiger charge is -2.34. The first-order valence-corrected chi connectivity index (χ1v) is 11.2. The molecule has 0 aliphatic carbocycles. The number of hydrogen-bond acceptors (Lipinski definition) is 4. The van der Waals surface area contributed by atoms with Crippen molar-refractivity contribution < 1.29 is 18.0 Å². The summed E-state index contributed by atoms with van der Waals surface area (Å²) < 4.78 is 26.4. The van der Waals surface area contributed by atoms with Crippen LogP contribution in [0.5, 0.6) is 0 Å². The van der Waals surface area contributed by atoms with E-state index in [1.54, 1.807) is 9.80 Å². The van der Waals surface area contributed by atoms with Gasteiger partial charge in [0.25, 0.3) is 0 Å². The van der Waals surface area contributed by atoms with Gasteiger partial charge in [0.15, 0.2) is 0 Å². The molecule has 9 heteroatoms. The highest BCUT2D eigenvalue weighted by Gasteiger charge is 2.38. The van der Waals surface area contributed by atoms with Crippen molar-refractivity contribution in [1.82, 2.24) is 9.62 Å². The van der Waals surface area contributed by atoms with E-state index < -0.39 is 10.0 Å².